The van der Waals surface area contributed by atoms with Crippen molar-refractivity contribution in [2.75, 3.05) is 31.6 Å². The van der Waals surface area contributed by atoms with Crippen LogP contribution in [-0.4, -0.2) is 41.8 Å². The van der Waals surface area contributed by atoms with Crippen LogP contribution in [0.3, 0.4) is 0 Å². The van der Waals surface area contributed by atoms with Gasteiger partial charge in [0.15, 0.2) is 0 Å². The Morgan fingerprint density at radius 3 is 2.44 bits per heavy atom. The molecule has 0 bridgehead atoms. The maximum Gasteiger partial charge on any atom is 0.0662 e. The number of rotatable bonds is 5. The van der Waals surface area contributed by atoms with E-state index in [2.05, 4.69) is 29.3 Å². The van der Waals surface area contributed by atoms with Crippen LogP contribution in [-0.2, 0) is 0 Å². The summed E-state index contributed by atoms with van der Waals surface area (Å²) in [5, 5.41) is 13.3. The lowest BCUT2D eigenvalue weighted by Crippen LogP contribution is -2.51. The summed E-state index contributed by atoms with van der Waals surface area (Å²) in [5.41, 5.74) is 0.974. The van der Waals surface area contributed by atoms with E-state index in [0.717, 1.165) is 31.6 Å². The number of anilines is 1. The summed E-state index contributed by atoms with van der Waals surface area (Å²) in [7, 11) is 0. The normalized spacial score (nSPS) is 19.7. The number of aliphatic hydroxyl groups excluding tert-OH is 1. The second kappa shape index (κ2) is 6.21. The molecule has 0 aliphatic carbocycles. The molecule has 0 saturated carbocycles. The van der Waals surface area contributed by atoms with E-state index >= 15 is 0 Å². The van der Waals surface area contributed by atoms with Gasteiger partial charge in [0.2, 0.25) is 0 Å². The van der Waals surface area contributed by atoms with Crippen molar-refractivity contribution in [1.82, 2.24) is 4.90 Å². The zero-order valence-corrected chi connectivity index (χ0v) is 11.2. The molecule has 1 fully saturated rings. The Hall–Kier alpha value is -1.06. The number of hydrogen-bond acceptors (Lipinski definition) is 3. The summed E-state index contributed by atoms with van der Waals surface area (Å²) >= 11 is 0. The second-order valence-corrected chi connectivity index (χ2v) is 5.27. The number of nitrogens with zero attached hydrogens (tertiary/aromatic N) is 1. The monoisotopic (exact) mass is 248 g/mol. The number of piperidine rings is 1. The van der Waals surface area contributed by atoms with Crippen LogP contribution >= 0.6 is 0 Å². The molecule has 100 valence electrons. The molecule has 18 heavy (non-hydrogen) atoms. The minimum absolute atomic E-state index is 0.133. The molecule has 0 atom stereocenters. The quantitative estimate of drug-likeness (QED) is 0.839. The summed E-state index contributed by atoms with van der Waals surface area (Å²) in [4.78, 5) is 2.49. The zero-order valence-electron chi connectivity index (χ0n) is 11.2. The highest BCUT2D eigenvalue weighted by Crippen LogP contribution is 2.26. The fourth-order valence-electron chi connectivity index (χ4n) is 2.67. The van der Waals surface area contributed by atoms with E-state index in [9.17, 15) is 5.11 Å². The van der Waals surface area contributed by atoms with Gasteiger partial charge in [0, 0.05) is 18.8 Å². The van der Waals surface area contributed by atoms with Crippen molar-refractivity contribution in [2.24, 2.45) is 0 Å². The number of aliphatic hydroxyl groups is 1. The third-order valence-electron chi connectivity index (χ3n) is 3.84. The number of nitrogens with one attached hydrogen (secondary N) is 1. The highest BCUT2D eigenvalue weighted by molar-refractivity contribution is 5.45. The van der Waals surface area contributed by atoms with Gasteiger partial charge in [-0.3, -0.25) is 0 Å². The maximum absolute atomic E-state index is 9.74. The minimum Gasteiger partial charge on any atom is -0.394 e. The van der Waals surface area contributed by atoms with E-state index in [0.29, 0.717) is 0 Å². The largest absolute Gasteiger partial charge is 0.394 e. The molecule has 1 aromatic carbocycles. The molecule has 2 N–H and O–H groups in total. The molecule has 0 unspecified atom stereocenters. The average molecular weight is 248 g/mol. The highest BCUT2D eigenvalue weighted by atomic mass is 16.3. The number of likely N-dealkylation sites (tertiary alicyclic amines) is 1. The Kier molecular flexibility index (Phi) is 4.61. The van der Waals surface area contributed by atoms with Crippen molar-refractivity contribution in [3.63, 3.8) is 0 Å². The van der Waals surface area contributed by atoms with Crippen LogP contribution in [0.4, 0.5) is 5.69 Å². The van der Waals surface area contributed by atoms with Gasteiger partial charge in [-0.1, -0.05) is 25.1 Å². The first kappa shape index (κ1) is 13.4. The van der Waals surface area contributed by atoms with Crippen molar-refractivity contribution in [2.45, 2.75) is 31.7 Å². The Balaban J connectivity index is 1.96. The first-order valence-electron chi connectivity index (χ1n) is 6.94. The van der Waals surface area contributed by atoms with Gasteiger partial charge in [-0.15, -0.1) is 0 Å². The van der Waals surface area contributed by atoms with Crippen LogP contribution in [0.25, 0.3) is 0 Å². The van der Waals surface area contributed by atoms with E-state index in [4.69, 9.17) is 0 Å². The maximum atomic E-state index is 9.74. The molecule has 3 heteroatoms. The first-order chi connectivity index (χ1) is 8.78. The fraction of sp³-hybridized carbons (Fsp3) is 0.600. The Bertz CT molecular complexity index is 345. The van der Waals surface area contributed by atoms with Crippen LogP contribution in [0.5, 0.6) is 0 Å². The molecule has 1 saturated heterocycles. The van der Waals surface area contributed by atoms with Crippen LogP contribution in [0.1, 0.15) is 26.2 Å². The topological polar surface area (TPSA) is 35.5 Å². The predicted molar refractivity (Wildman–Crippen MR) is 75.8 cm³/mol. The Labute approximate surface area is 110 Å². The van der Waals surface area contributed by atoms with E-state index < -0.39 is 0 Å². The summed E-state index contributed by atoms with van der Waals surface area (Å²) in [6.07, 6.45) is 3.23. The van der Waals surface area contributed by atoms with Crippen molar-refractivity contribution < 1.29 is 5.11 Å². The van der Waals surface area contributed by atoms with Crippen molar-refractivity contribution in [1.29, 1.82) is 0 Å². The molecular formula is C15H24N2O. The van der Waals surface area contributed by atoms with Gasteiger partial charge in [-0.05, 0) is 37.9 Å². The fourth-order valence-corrected chi connectivity index (χ4v) is 2.67. The summed E-state index contributed by atoms with van der Waals surface area (Å²) < 4.78 is 0. The Morgan fingerprint density at radius 1 is 1.22 bits per heavy atom. The number of para-hydroxylation sites is 1. The van der Waals surface area contributed by atoms with Crippen LogP contribution in [0, 0.1) is 0 Å². The zero-order chi connectivity index (χ0) is 12.8. The third kappa shape index (κ3) is 3.24. The lowest BCUT2D eigenvalue weighted by molar-refractivity contribution is 0.119. The van der Waals surface area contributed by atoms with Gasteiger partial charge in [-0.2, -0.15) is 0 Å². The number of benzene rings is 1. The van der Waals surface area contributed by atoms with Crippen molar-refractivity contribution in [3.05, 3.63) is 30.3 Å². The smallest absolute Gasteiger partial charge is 0.0662 e. The summed E-state index contributed by atoms with van der Waals surface area (Å²) in [6.45, 7) is 5.76. The summed E-state index contributed by atoms with van der Waals surface area (Å²) in [5.74, 6) is 0. The van der Waals surface area contributed by atoms with Gasteiger partial charge in [0.25, 0.3) is 0 Å². The number of hydrogen-bond donors (Lipinski definition) is 2. The molecule has 1 aromatic rings. The van der Waals surface area contributed by atoms with Gasteiger partial charge in [-0.25, -0.2) is 0 Å². The van der Waals surface area contributed by atoms with E-state index in [1.165, 1.54) is 13.0 Å². The molecule has 0 aromatic heterocycles. The SMILES string of the molecule is CCCN1CCC(CO)(Nc2ccccc2)CC1. The molecule has 2 rings (SSSR count). The van der Waals surface area contributed by atoms with Gasteiger partial charge < -0.3 is 15.3 Å². The summed E-state index contributed by atoms with van der Waals surface area (Å²) in [6, 6.07) is 10.2. The van der Waals surface area contributed by atoms with E-state index in [-0.39, 0.29) is 12.1 Å². The molecule has 0 radical (unpaired) electrons. The molecule has 3 nitrogen and oxygen atoms in total. The third-order valence-corrected chi connectivity index (χ3v) is 3.84. The van der Waals surface area contributed by atoms with Crippen molar-refractivity contribution in [3.8, 4) is 0 Å². The van der Waals surface area contributed by atoms with Crippen LogP contribution in [0.2, 0.25) is 0 Å². The van der Waals surface area contributed by atoms with Crippen LogP contribution in [0.15, 0.2) is 30.3 Å². The van der Waals surface area contributed by atoms with E-state index in [1.54, 1.807) is 0 Å². The predicted octanol–water partition coefficient (Wildman–Crippen LogP) is 2.34. The lowest BCUT2D eigenvalue weighted by atomic mass is 9.88. The van der Waals surface area contributed by atoms with E-state index in [1.807, 2.05) is 18.2 Å². The molecule has 1 aliphatic heterocycles. The first-order valence-corrected chi connectivity index (χ1v) is 6.94. The Morgan fingerprint density at radius 2 is 1.89 bits per heavy atom. The molecule has 1 heterocycles. The molecular weight excluding hydrogens is 224 g/mol. The lowest BCUT2D eigenvalue weighted by Gasteiger charge is -2.42. The van der Waals surface area contributed by atoms with Gasteiger partial charge in [0.05, 0.1) is 12.1 Å². The van der Waals surface area contributed by atoms with Crippen LogP contribution < -0.4 is 5.32 Å². The van der Waals surface area contributed by atoms with Crippen molar-refractivity contribution >= 4 is 5.69 Å². The molecule has 0 amide bonds. The average Bonchev–Trinajstić information content (AvgIpc) is 2.43. The van der Waals surface area contributed by atoms with Gasteiger partial charge >= 0.3 is 0 Å². The highest BCUT2D eigenvalue weighted by Gasteiger charge is 2.33. The van der Waals surface area contributed by atoms with Gasteiger partial charge in [0.1, 0.15) is 0 Å². The second-order valence-electron chi connectivity index (χ2n) is 5.27. The molecule has 0 spiro atoms. The standard InChI is InChI=1S/C15H24N2O/c1-2-10-17-11-8-15(13-18,9-12-17)16-14-6-4-3-5-7-14/h3-7,16,18H,2,8-13H2,1H3. The minimum atomic E-state index is -0.133. The molecule has 1 aliphatic rings.